The summed E-state index contributed by atoms with van der Waals surface area (Å²) < 4.78 is 39.3. The number of nitro benzene ring substituents is 1. The number of non-ortho nitro benzene ring substituents is 1. The van der Waals surface area contributed by atoms with Crippen molar-refractivity contribution < 1.29 is 22.8 Å². The number of nitrogens with zero attached hydrogens (tertiary/aromatic N) is 1. The zero-order chi connectivity index (χ0) is 14.6. The summed E-state index contributed by atoms with van der Waals surface area (Å²) in [6.07, 6.45) is 0.149. The number of nitrogens with one attached hydrogen (secondary N) is 1. The standard InChI is InChI=1S/C10H13FN2O5S/c1-7(4-5-14)12-19(17,18)10-6-8(13(15)16)2-3-9(10)11/h2-3,6-7,12,14H,4-5H2,1H3. The predicted molar refractivity (Wildman–Crippen MR) is 64.5 cm³/mol. The molecule has 7 nitrogen and oxygen atoms in total. The van der Waals surface area contributed by atoms with Crippen LogP contribution in [0.4, 0.5) is 10.1 Å². The van der Waals surface area contributed by atoms with Gasteiger partial charge in [-0.1, -0.05) is 0 Å². The van der Waals surface area contributed by atoms with Gasteiger partial charge in [0.2, 0.25) is 10.0 Å². The number of aliphatic hydroxyl groups excluding tert-OH is 1. The molecule has 0 aromatic heterocycles. The third-order valence-corrected chi connectivity index (χ3v) is 3.94. The molecule has 1 unspecified atom stereocenters. The van der Waals surface area contributed by atoms with Crippen molar-refractivity contribution in [2.24, 2.45) is 0 Å². The van der Waals surface area contributed by atoms with E-state index in [9.17, 15) is 22.9 Å². The summed E-state index contributed by atoms with van der Waals surface area (Å²) in [4.78, 5) is 8.96. The maximum absolute atomic E-state index is 13.5. The average molecular weight is 292 g/mol. The van der Waals surface area contributed by atoms with Crippen LogP contribution in [0.5, 0.6) is 0 Å². The average Bonchev–Trinajstić information content (AvgIpc) is 2.28. The van der Waals surface area contributed by atoms with Gasteiger partial charge in [0.15, 0.2) is 0 Å². The zero-order valence-corrected chi connectivity index (χ0v) is 10.9. The maximum atomic E-state index is 13.5. The van der Waals surface area contributed by atoms with E-state index in [1.807, 2.05) is 0 Å². The van der Waals surface area contributed by atoms with Gasteiger partial charge in [0.25, 0.3) is 5.69 Å². The van der Waals surface area contributed by atoms with Crippen molar-refractivity contribution in [1.29, 1.82) is 0 Å². The molecule has 0 aliphatic carbocycles. The molecule has 0 fully saturated rings. The second-order valence-electron chi connectivity index (χ2n) is 3.91. The van der Waals surface area contributed by atoms with E-state index in [1.165, 1.54) is 6.92 Å². The lowest BCUT2D eigenvalue weighted by atomic mass is 10.3. The van der Waals surface area contributed by atoms with E-state index in [1.54, 1.807) is 0 Å². The first kappa shape index (κ1) is 15.5. The Hall–Kier alpha value is -1.58. The summed E-state index contributed by atoms with van der Waals surface area (Å²) in [5.41, 5.74) is -0.517. The van der Waals surface area contributed by atoms with Crippen LogP contribution in [-0.4, -0.2) is 31.1 Å². The Morgan fingerprint density at radius 1 is 1.53 bits per heavy atom. The molecule has 19 heavy (non-hydrogen) atoms. The van der Waals surface area contributed by atoms with Crippen LogP contribution in [0.15, 0.2) is 23.1 Å². The van der Waals surface area contributed by atoms with Gasteiger partial charge in [-0.25, -0.2) is 17.5 Å². The highest BCUT2D eigenvalue weighted by Crippen LogP contribution is 2.21. The number of hydrogen-bond acceptors (Lipinski definition) is 5. The van der Waals surface area contributed by atoms with Crippen molar-refractivity contribution in [3.8, 4) is 0 Å². The molecule has 0 heterocycles. The summed E-state index contributed by atoms with van der Waals surface area (Å²) in [5.74, 6) is -1.07. The Labute approximate surface area is 109 Å². The van der Waals surface area contributed by atoms with Crippen LogP contribution in [-0.2, 0) is 10.0 Å². The van der Waals surface area contributed by atoms with Crippen LogP contribution in [0.1, 0.15) is 13.3 Å². The number of halogens is 1. The normalized spacial score (nSPS) is 13.2. The Kier molecular flexibility index (Phi) is 4.92. The molecule has 1 aromatic carbocycles. The summed E-state index contributed by atoms with van der Waals surface area (Å²) >= 11 is 0. The van der Waals surface area contributed by atoms with E-state index >= 15 is 0 Å². The van der Waals surface area contributed by atoms with Gasteiger partial charge >= 0.3 is 0 Å². The van der Waals surface area contributed by atoms with Crippen LogP contribution in [0.25, 0.3) is 0 Å². The first-order valence-electron chi connectivity index (χ1n) is 5.35. The molecule has 9 heteroatoms. The van der Waals surface area contributed by atoms with Gasteiger partial charge in [-0.15, -0.1) is 0 Å². The Bertz CT molecular complexity index is 575. The number of hydrogen-bond donors (Lipinski definition) is 2. The molecular weight excluding hydrogens is 279 g/mol. The van der Waals surface area contributed by atoms with Gasteiger partial charge < -0.3 is 5.11 Å². The molecule has 0 aliphatic rings. The molecule has 0 aliphatic heterocycles. The van der Waals surface area contributed by atoms with Gasteiger partial charge in [-0.3, -0.25) is 10.1 Å². The van der Waals surface area contributed by atoms with Crippen molar-refractivity contribution in [2.75, 3.05) is 6.61 Å². The molecule has 2 N–H and O–H groups in total. The van der Waals surface area contributed by atoms with E-state index in [-0.39, 0.29) is 13.0 Å². The highest BCUT2D eigenvalue weighted by molar-refractivity contribution is 7.89. The molecule has 1 atom stereocenters. The van der Waals surface area contributed by atoms with Gasteiger partial charge in [0.1, 0.15) is 10.7 Å². The highest BCUT2D eigenvalue weighted by atomic mass is 32.2. The van der Waals surface area contributed by atoms with Crippen LogP contribution in [0.2, 0.25) is 0 Å². The molecule has 0 radical (unpaired) electrons. The first-order chi connectivity index (χ1) is 8.77. The molecule has 1 rings (SSSR count). The van der Waals surface area contributed by atoms with Crippen LogP contribution >= 0.6 is 0 Å². The largest absolute Gasteiger partial charge is 0.396 e. The molecule has 0 spiro atoms. The number of benzene rings is 1. The first-order valence-corrected chi connectivity index (χ1v) is 6.83. The summed E-state index contributed by atoms with van der Waals surface area (Å²) in [5, 5.41) is 19.2. The Morgan fingerprint density at radius 3 is 2.68 bits per heavy atom. The van der Waals surface area contributed by atoms with E-state index in [0.29, 0.717) is 6.07 Å². The van der Waals surface area contributed by atoms with Crippen molar-refractivity contribution >= 4 is 15.7 Å². The molecule has 106 valence electrons. The van der Waals surface area contributed by atoms with E-state index in [2.05, 4.69) is 4.72 Å². The van der Waals surface area contributed by atoms with Gasteiger partial charge in [-0.05, 0) is 19.4 Å². The molecule has 0 bridgehead atoms. The monoisotopic (exact) mass is 292 g/mol. The van der Waals surface area contributed by atoms with Crippen molar-refractivity contribution in [3.63, 3.8) is 0 Å². The van der Waals surface area contributed by atoms with Crippen molar-refractivity contribution in [3.05, 3.63) is 34.1 Å². The van der Waals surface area contributed by atoms with Crippen LogP contribution in [0.3, 0.4) is 0 Å². The smallest absolute Gasteiger partial charge is 0.270 e. The quantitative estimate of drug-likeness (QED) is 0.595. The third-order valence-electron chi connectivity index (χ3n) is 2.33. The molecule has 0 amide bonds. The lowest BCUT2D eigenvalue weighted by Crippen LogP contribution is -2.33. The van der Waals surface area contributed by atoms with Gasteiger partial charge in [0, 0.05) is 24.8 Å². The highest BCUT2D eigenvalue weighted by Gasteiger charge is 2.24. The number of sulfonamides is 1. The zero-order valence-electron chi connectivity index (χ0n) is 10.0. The fourth-order valence-corrected chi connectivity index (χ4v) is 2.77. The molecule has 0 saturated carbocycles. The third kappa shape index (κ3) is 3.94. The van der Waals surface area contributed by atoms with Crippen LogP contribution in [0, 0.1) is 15.9 Å². The summed E-state index contributed by atoms with van der Waals surface area (Å²) in [6.45, 7) is 1.25. The minimum absolute atomic E-state index is 0.149. The molecular formula is C10H13FN2O5S. The van der Waals surface area contributed by atoms with Crippen LogP contribution < -0.4 is 4.72 Å². The maximum Gasteiger partial charge on any atom is 0.270 e. The summed E-state index contributed by atoms with van der Waals surface area (Å²) in [6, 6.07) is 1.65. The minimum Gasteiger partial charge on any atom is -0.396 e. The lowest BCUT2D eigenvalue weighted by molar-refractivity contribution is -0.385. The fourth-order valence-electron chi connectivity index (χ4n) is 1.39. The fraction of sp³-hybridized carbons (Fsp3) is 0.400. The summed E-state index contributed by atoms with van der Waals surface area (Å²) in [7, 11) is -4.21. The predicted octanol–water partition coefficient (Wildman–Crippen LogP) is 0.783. The van der Waals surface area contributed by atoms with Crippen molar-refractivity contribution in [2.45, 2.75) is 24.3 Å². The second kappa shape index (κ2) is 6.04. The van der Waals surface area contributed by atoms with Crippen molar-refractivity contribution in [1.82, 2.24) is 4.72 Å². The van der Waals surface area contributed by atoms with Gasteiger partial charge in [-0.2, -0.15) is 0 Å². The molecule has 0 saturated heterocycles. The number of aliphatic hydroxyl groups is 1. The van der Waals surface area contributed by atoms with E-state index in [4.69, 9.17) is 5.11 Å². The Morgan fingerprint density at radius 2 is 2.16 bits per heavy atom. The lowest BCUT2D eigenvalue weighted by Gasteiger charge is -2.13. The number of rotatable bonds is 6. The van der Waals surface area contributed by atoms with E-state index in [0.717, 1.165) is 12.1 Å². The minimum atomic E-state index is -4.21. The van der Waals surface area contributed by atoms with Gasteiger partial charge in [0.05, 0.1) is 4.92 Å². The SMILES string of the molecule is CC(CCO)NS(=O)(=O)c1cc([N+](=O)[O-])ccc1F. The number of nitro groups is 1. The van der Waals surface area contributed by atoms with E-state index < -0.39 is 37.4 Å². The second-order valence-corrected chi connectivity index (χ2v) is 5.59. The topological polar surface area (TPSA) is 110 Å². The molecule has 1 aromatic rings. The Balaban J connectivity index is 3.13.